The molecule has 0 aromatic carbocycles. The molecule has 0 fully saturated rings. The van der Waals surface area contributed by atoms with E-state index in [0.29, 0.717) is 0 Å². The lowest BCUT2D eigenvalue weighted by molar-refractivity contribution is -0.151. The lowest BCUT2D eigenvalue weighted by Crippen LogP contribution is -2.64. The molecule has 0 saturated heterocycles. The predicted octanol–water partition coefficient (Wildman–Crippen LogP) is 2.18. The normalized spacial score (nSPS) is 14.5. The molecule has 0 aliphatic heterocycles. The molecule has 0 heterocycles. The molecule has 0 radical (unpaired) electrons. The molecule has 128 valence electrons. The Labute approximate surface area is 130 Å². The van der Waals surface area contributed by atoms with Crippen LogP contribution < -0.4 is 5.32 Å². The summed E-state index contributed by atoms with van der Waals surface area (Å²) in [4.78, 5) is 36.2. The van der Waals surface area contributed by atoms with Crippen LogP contribution in [0.25, 0.3) is 0 Å². The molecular weight excluding hydrogens is 292 g/mol. The van der Waals surface area contributed by atoms with Crippen molar-refractivity contribution in [1.82, 2.24) is 10.2 Å². The molecule has 22 heavy (non-hydrogen) atoms. The quantitative estimate of drug-likeness (QED) is 0.773. The number of alkyl carbamates (subject to hydrolysis) is 1. The van der Waals surface area contributed by atoms with Crippen molar-refractivity contribution in [2.75, 3.05) is 7.05 Å². The van der Waals surface area contributed by atoms with Crippen LogP contribution in [0.2, 0.25) is 0 Å². The van der Waals surface area contributed by atoms with Crippen LogP contribution in [0.1, 0.15) is 48.5 Å². The number of amides is 2. The summed E-state index contributed by atoms with van der Waals surface area (Å²) < 4.78 is 10.1. The summed E-state index contributed by atoms with van der Waals surface area (Å²) >= 11 is 0. The van der Waals surface area contributed by atoms with Gasteiger partial charge in [-0.1, -0.05) is 0 Å². The van der Waals surface area contributed by atoms with E-state index in [1.165, 1.54) is 14.0 Å². The minimum atomic E-state index is -2.01. The number of ether oxygens (including phenoxy) is 2. The smallest absolute Gasteiger partial charge is 0.412 e. The van der Waals surface area contributed by atoms with E-state index < -0.39 is 35.0 Å². The molecule has 0 spiro atoms. The van der Waals surface area contributed by atoms with E-state index in [-0.39, 0.29) is 0 Å². The summed E-state index contributed by atoms with van der Waals surface area (Å²) in [5.74, 6) is -1.42. The number of rotatable bonds is 3. The van der Waals surface area contributed by atoms with Crippen LogP contribution in [0.4, 0.5) is 9.59 Å². The molecule has 0 bridgehead atoms. The first-order valence-corrected chi connectivity index (χ1v) is 6.80. The second-order valence-electron chi connectivity index (χ2n) is 7.04. The molecule has 0 aliphatic carbocycles. The van der Waals surface area contributed by atoms with E-state index in [1.807, 2.05) is 0 Å². The van der Waals surface area contributed by atoms with Gasteiger partial charge >= 0.3 is 18.2 Å². The van der Waals surface area contributed by atoms with Crippen molar-refractivity contribution in [2.24, 2.45) is 0 Å². The highest BCUT2D eigenvalue weighted by Gasteiger charge is 2.44. The Balaban J connectivity index is 5.22. The topological polar surface area (TPSA) is 105 Å². The molecular formula is C14H26N2O6. The molecule has 2 amide bonds. The number of nitrogens with zero attached hydrogens (tertiary/aromatic N) is 1. The fraction of sp³-hybridized carbons (Fsp3) is 0.786. The highest BCUT2D eigenvalue weighted by Crippen LogP contribution is 2.17. The average Bonchev–Trinajstić information content (AvgIpc) is 2.22. The minimum absolute atomic E-state index is 0.795. The summed E-state index contributed by atoms with van der Waals surface area (Å²) in [7, 11) is 1.22. The first-order chi connectivity index (χ1) is 9.58. The zero-order valence-corrected chi connectivity index (χ0v) is 14.4. The van der Waals surface area contributed by atoms with Gasteiger partial charge < -0.3 is 14.6 Å². The van der Waals surface area contributed by atoms with Crippen LogP contribution in [0.15, 0.2) is 0 Å². The third-order valence-corrected chi connectivity index (χ3v) is 2.50. The van der Waals surface area contributed by atoms with Gasteiger partial charge in [0, 0.05) is 7.05 Å². The molecule has 0 aromatic rings. The molecule has 8 nitrogen and oxygen atoms in total. The van der Waals surface area contributed by atoms with Crippen molar-refractivity contribution in [3.05, 3.63) is 0 Å². The number of likely N-dealkylation sites (N-methyl/N-ethyl adjacent to an activating group) is 1. The fourth-order valence-electron chi connectivity index (χ4n) is 1.30. The monoisotopic (exact) mass is 318 g/mol. The maximum Gasteiger partial charge on any atom is 0.412 e. The van der Waals surface area contributed by atoms with Gasteiger partial charge in [-0.25, -0.2) is 14.4 Å². The van der Waals surface area contributed by atoms with Gasteiger partial charge in [0.2, 0.25) is 5.66 Å². The molecule has 0 rings (SSSR count). The van der Waals surface area contributed by atoms with E-state index in [9.17, 15) is 19.5 Å². The maximum atomic E-state index is 12.0. The van der Waals surface area contributed by atoms with Crippen LogP contribution in [-0.4, -0.2) is 52.1 Å². The maximum absolute atomic E-state index is 12.0. The number of hydrogen-bond donors (Lipinski definition) is 2. The SMILES string of the molecule is CN(C(=O)OC(C)(C)C)[C@@](C)(NC(=O)OC(C)(C)C)C(=O)O. The fourth-order valence-corrected chi connectivity index (χ4v) is 1.30. The van der Waals surface area contributed by atoms with Crippen LogP contribution in [0.3, 0.4) is 0 Å². The third kappa shape index (κ3) is 6.19. The van der Waals surface area contributed by atoms with Crippen molar-refractivity contribution < 1.29 is 29.0 Å². The highest BCUT2D eigenvalue weighted by atomic mass is 16.6. The summed E-state index contributed by atoms with van der Waals surface area (Å²) in [6.45, 7) is 11.0. The summed E-state index contributed by atoms with van der Waals surface area (Å²) in [6, 6.07) is 0. The molecule has 2 N–H and O–H groups in total. The van der Waals surface area contributed by atoms with Gasteiger partial charge in [-0.2, -0.15) is 0 Å². The summed E-state index contributed by atoms with van der Waals surface area (Å²) in [5.41, 5.74) is -3.60. The number of carboxylic acid groups (broad SMARTS) is 1. The molecule has 1 atom stereocenters. The van der Waals surface area contributed by atoms with E-state index in [1.54, 1.807) is 41.5 Å². The van der Waals surface area contributed by atoms with Gasteiger partial charge in [-0.15, -0.1) is 0 Å². The lowest BCUT2D eigenvalue weighted by atomic mass is 10.1. The third-order valence-electron chi connectivity index (χ3n) is 2.50. The van der Waals surface area contributed by atoms with Crippen LogP contribution in [0.5, 0.6) is 0 Å². The average molecular weight is 318 g/mol. The van der Waals surface area contributed by atoms with E-state index in [4.69, 9.17) is 9.47 Å². The molecule has 0 aliphatic rings. The van der Waals surface area contributed by atoms with E-state index >= 15 is 0 Å². The molecule has 0 saturated carbocycles. The largest absolute Gasteiger partial charge is 0.478 e. The van der Waals surface area contributed by atoms with Crippen molar-refractivity contribution in [3.8, 4) is 0 Å². The Morgan fingerprint density at radius 1 is 0.909 bits per heavy atom. The van der Waals surface area contributed by atoms with Gasteiger partial charge in [0.25, 0.3) is 0 Å². The molecule has 0 unspecified atom stereocenters. The number of aliphatic carboxylic acids is 1. The highest BCUT2D eigenvalue weighted by molar-refractivity contribution is 5.87. The van der Waals surface area contributed by atoms with Crippen LogP contribution >= 0.6 is 0 Å². The first kappa shape index (κ1) is 20.0. The van der Waals surface area contributed by atoms with Gasteiger partial charge in [-0.3, -0.25) is 10.2 Å². The summed E-state index contributed by atoms with van der Waals surface area (Å²) in [5, 5.41) is 11.6. The zero-order valence-electron chi connectivity index (χ0n) is 14.4. The Hall–Kier alpha value is -1.99. The van der Waals surface area contributed by atoms with Crippen LogP contribution in [-0.2, 0) is 14.3 Å². The number of carbonyl (C=O) groups is 3. The van der Waals surface area contributed by atoms with Gasteiger partial charge in [0.15, 0.2) is 0 Å². The number of nitrogens with one attached hydrogen (secondary N) is 1. The Kier molecular flexibility index (Phi) is 5.83. The summed E-state index contributed by atoms with van der Waals surface area (Å²) in [6.07, 6.45) is -1.83. The van der Waals surface area contributed by atoms with E-state index in [2.05, 4.69) is 5.32 Å². The predicted molar refractivity (Wildman–Crippen MR) is 79.4 cm³/mol. The second-order valence-corrected chi connectivity index (χ2v) is 7.04. The Bertz CT molecular complexity index is 449. The van der Waals surface area contributed by atoms with Crippen molar-refractivity contribution in [3.63, 3.8) is 0 Å². The van der Waals surface area contributed by atoms with Crippen molar-refractivity contribution in [2.45, 2.75) is 65.3 Å². The van der Waals surface area contributed by atoms with E-state index in [0.717, 1.165) is 4.90 Å². The Morgan fingerprint density at radius 2 is 1.32 bits per heavy atom. The van der Waals surface area contributed by atoms with Gasteiger partial charge in [0.1, 0.15) is 11.2 Å². The van der Waals surface area contributed by atoms with Crippen molar-refractivity contribution >= 4 is 18.2 Å². The van der Waals surface area contributed by atoms with Gasteiger partial charge in [-0.05, 0) is 48.5 Å². The molecule has 8 heteroatoms. The second kappa shape index (κ2) is 6.41. The van der Waals surface area contributed by atoms with Crippen LogP contribution in [0, 0.1) is 0 Å². The first-order valence-electron chi connectivity index (χ1n) is 6.80. The number of hydrogen-bond acceptors (Lipinski definition) is 5. The number of carbonyl (C=O) groups excluding carboxylic acids is 2. The lowest BCUT2D eigenvalue weighted by Gasteiger charge is -2.36. The zero-order chi connectivity index (χ0) is 17.9. The number of carboxylic acids is 1. The van der Waals surface area contributed by atoms with Crippen molar-refractivity contribution in [1.29, 1.82) is 0 Å². The van der Waals surface area contributed by atoms with Gasteiger partial charge in [0.05, 0.1) is 0 Å². The standard InChI is InChI=1S/C14H26N2O6/c1-12(2,3)21-10(19)15-14(7,9(17)18)16(8)11(20)22-13(4,5)6/h1-8H3,(H,15,19)(H,17,18)/t14-/m1/s1. The molecule has 0 aromatic heterocycles. The minimum Gasteiger partial charge on any atom is -0.478 e. The Morgan fingerprint density at radius 3 is 1.64 bits per heavy atom.